The summed E-state index contributed by atoms with van der Waals surface area (Å²) in [4.78, 5) is 11.7. The van der Waals surface area contributed by atoms with E-state index in [9.17, 15) is 4.79 Å². The molecule has 0 unspecified atom stereocenters. The van der Waals surface area contributed by atoms with Crippen molar-refractivity contribution >= 4 is 40.5 Å². The SMILES string of the molecule is CC.COC(=O)c1ccccc1Nc1c(Cl)ccc(C)c1Cl. The number of aryl methyl sites for hydroxylation is 1. The lowest BCUT2D eigenvalue weighted by Gasteiger charge is -2.14. The molecule has 0 aliphatic rings. The largest absolute Gasteiger partial charge is 0.465 e. The number of nitrogens with one attached hydrogen (secondary N) is 1. The van der Waals surface area contributed by atoms with E-state index in [2.05, 4.69) is 5.32 Å². The molecular weight excluding hydrogens is 321 g/mol. The zero-order chi connectivity index (χ0) is 16.7. The Labute approximate surface area is 141 Å². The minimum Gasteiger partial charge on any atom is -0.465 e. The Morgan fingerprint density at radius 2 is 1.73 bits per heavy atom. The summed E-state index contributed by atoms with van der Waals surface area (Å²) in [5.41, 5.74) is 2.48. The van der Waals surface area contributed by atoms with Gasteiger partial charge in [0.1, 0.15) is 0 Å². The molecule has 0 radical (unpaired) electrons. The summed E-state index contributed by atoms with van der Waals surface area (Å²) in [5.74, 6) is -0.423. The molecule has 0 aliphatic heterocycles. The lowest BCUT2D eigenvalue weighted by atomic mass is 10.1. The van der Waals surface area contributed by atoms with E-state index < -0.39 is 5.97 Å². The van der Waals surface area contributed by atoms with Crippen LogP contribution in [0.3, 0.4) is 0 Å². The summed E-state index contributed by atoms with van der Waals surface area (Å²) in [6.45, 7) is 5.88. The number of methoxy groups -OCH3 is 1. The standard InChI is InChI=1S/C15H13Cl2NO2.C2H6/c1-9-7-8-11(16)14(13(9)17)18-12-6-4-3-5-10(12)15(19)20-2;1-2/h3-8,18H,1-2H3;1-2H3. The number of carbonyl (C=O) groups excluding carboxylic acids is 1. The number of benzene rings is 2. The quantitative estimate of drug-likeness (QED) is 0.712. The van der Waals surface area contributed by atoms with E-state index in [0.29, 0.717) is 27.0 Å². The minimum atomic E-state index is -0.423. The van der Waals surface area contributed by atoms with E-state index in [0.717, 1.165) is 5.56 Å². The van der Waals surface area contributed by atoms with E-state index in [1.807, 2.05) is 32.9 Å². The summed E-state index contributed by atoms with van der Waals surface area (Å²) in [5, 5.41) is 4.11. The van der Waals surface area contributed by atoms with Gasteiger partial charge in [-0.2, -0.15) is 0 Å². The highest BCUT2D eigenvalue weighted by Gasteiger charge is 2.14. The maximum Gasteiger partial charge on any atom is 0.339 e. The number of ether oxygens (including phenoxy) is 1. The normalized spacial score (nSPS) is 9.55. The zero-order valence-electron chi connectivity index (χ0n) is 13.0. The van der Waals surface area contributed by atoms with Gasteiger partial charge in [0, 0.05) is 0 Å². The van der Waals surface area contributed by atoms with Gasteiger partial charge in [-0.15, -0.1) is 0 Å². The van der Waals surface area contributed by atoms with Gasteiger partial charge in [0.25, 0.3) is 0 Å². The lowest BCUT2D eigenvalue weighted by Crippen LogP contribution is -2.06. The number of esters is 1. The van der Waals surface area contributed by atoms with Crippen molar-refractivity contribution < 1.29 is 9.53 Å². The fraction of sp³-hybridized carbons (Fsp3) is 0.235. The van der Waals surface area contributed by atoms with Crippen molar-refractivity contribution in [1.82, 2.24) is 0 Å². The van der Waals surface area contributed by atoms with Gasteiger partial charge in [-0.1, -0.05) is 55.2 Å². The third kappa shape index (κ3) is 4.15. The third-order valence-electron chi connectivity index (χ3n) is 2.88. The molecule has 0 heterocycles. The monoisotopic (exact) mass is 339 g/mol. The van der Waals surface area contributed by atoms with Crippen molar-refractivity contribution in [3.8, 4) is 0 Å². The summed E-state index contributed by atoms with van der Waals surface area (Å²) < 4.78 is 4.75. The van der Waals surface area contributed by atoms with Gasteiger partial charge < -0.3 is 10.1 Å². The van der Waals surface area contributed by atoms with Crippen LogP contribution in [0.15, 0.2) is 36.4 Å². The molecule has 0 amide bonds. The fourth-order valence-corrected chi connectivity index (χ4v) is 2.25. The van der Waals surface area contributed by atoms with Gasteiger partial charge in [-0.05, 0) is 30.7 Å². The second kappa shape index (κ2) is 8.66. The molecule has 2 rings (SSSR count). The van der Waals surface area contributed by atoms with Crippen LogP contribution < -0.4 is 5.32 Å². The highest BCUT2D eigenvalue weighted by atomic mass is 35.5. The highest BCUT2D eigenvalue weighted by molar-refractivity contribution is 6.39. The van der Waals surface area contributed by atoms with Gasteiger partial charge in [0.2, 0.25) is 0 Å². The topological polar surface area (TPSA) is 38.3 Å². The van der Waals surface area contributed by atoms with Gasteiger partial charge in [-0.25, -0.2) is 4.79 Å². The zero-order valence-corrected chi connectivity index (χ0v) is 14.5. The lowest BCUT2D eigenvalue weighted by molar-refractivity contribution is 0.0602. The minimum absolute atomic E-state index is 0.420. The van der Waals surface area contributed by atoms with Crippen LogP contribution in [0.25, 0.3) is 0 Å². The van der Waals surface area contributed by atoms with Crippen LogP contribution in [0.1, 0.15) is 29.8 Å². The Hall–Kier alpha value is -1.71. The average Bonchev–Trinajstić information content (AvgIpc) is 2.56. The number of rotatable bonds is 3. The summed E-state index contributed by atoms with van der Waals surface area (Å²) in [6, 6.07) is 10.6. The Balaban J connectivity index is 0.00000116. The summed E-state index contributed by atoms with van der Waals surface area (Å²) in [6.07, 6.45) is 0. The number of hydrogen-bond donors (Lipinski definition) is 1. The molecule has 5 heteroatoms. The molecule has 0 spiro atoms. The maximum atomic E-state index is 11.7. The molecule has 0 aliphatic carbocycles. The van der Waals surface area contributed by atoms with Crippen molar-refractivity contribution in [2.45, 2.75) is 20.8 Å². The Kier molecular flexibility index (Phi) is 7.22. The number of carbonyl (C=O) groups is 1. The molecule has 0 atom stereocenters. The molecule has 0 saturated carbocycles. The molecule has 22 heavy (non-hydrogen) atoms. The van der Waals surface area contributed by atoms with Crippen LogP contribution in [-0.2, 0) is 4.74 Å². The highest BCUT2D eigenvalue weighted by Crippen LogP contribution is 2.35. The summed E-state index contributed by atoms with van der Waals surface area (Å²) in [7, 11) is 1.34. The van der Waals surface area contributed by atoms with Crippen LogP contribution >= 0.6 is 23.2 Å². The first-order chi connectivity index (χ1) is 10.5. The van der Waals surface area contributed by atoms with Crippen molar-refractivity contribution in [3.05, 3.63) is 57.6 Å². The molecule has 2 aromatic rings. The fourth-order valence-electron chi connectivity index (χ4n) is 1.79. The summed E-state index contributed by atoms with van der Waals surface area (Å²) >= 11 is 12.4. The predicted octanol–water partition coefficient (Wildman–Crippen LogP) is 5.86. The molecule has 1 N–H and O–H groups in total. The first-order valence-electron chi connectivity index (χ1n) is 6.93. The molecule has 118 valence electrons. The van der Waals surface area contributed by atoms with Crippen LogP contribution in [0.4, 0.5) is 11.4 Å². The van der Waals surface area contributed by atoms with Crippen LogP contribution in [0.2, 0.25) is 10.0 Å². The molecule has 2 aromatic carbocycles. The molecular formula is C17H19Cl2NO2. The van der Waals surface area contributed by atoms with Gasteiger partial charge in [-0.3, -0.25) is 0 Å². The van der Waals surface area contributed by atoms with Crippen molar-refractivity contribution in [3.63, 3.8) is 0 Å². The van der Waals surface area contributed by atoms with Crippen LogP contribution in [-0.4, -0.2) is 13.1 Å². The first-order valence-corrected chi connectivity index (χ1v) is 7.69. The molecule has 0 aromatic heterocycles. The number of para-hydroxylation sites is 1. The predicted molar refractivity (Wildman–Crippen MR) is 93.6 cm³/mol. The van der Waals surface area contributed by atoms with Gasteiger partial charge in [0.15, 0.2) is 0 Å². The Bertz CT molecular complexity index is 657. The maximum absolute atomic E-state index is 11.7. The number of halogens is 2. The van der Waals surface area contributed by atoms with Crippen LogP contribution in [0, 0.1) is 6.92 Å². The van der Waals surface area contributed by atoms with E-state index in [1.54, 1.807) is 24.3 Å². The Morgan fingerprint density at radius 1 is 1.09 bits per heavy atom. The van der Waals surface area contributed by atoms with Crippen molar-refractivity contribution in [2.75, 3.05) is 12.4 Å². The molecule has 0 bridgehead atoms. The smallest absolute Gasteiger partial charge is 0.339 e. The third-order valence-corrected chi connectivity index (χ3v) is 3.68. The average molecular weight is 340 g/mol. The second-order valence-corrected chi connectivity index (χ2v) is 5.00. The second-order valence-electron chi connectivity index (χ2n) is 4.22. The Morgan fingerprint density at radius 3 is 2.36 bits per heavy atom. The van der Waals surface area contributed by atoms with E-state index >= 15 is 0 Å². The van der Waals surface area contributed by atoms with E-state index in [1.165, 1.54) is 7.11 Å². The molecule has 3 nitrogen and oxygen atoms in total. The van der Waals surface area contributed by atoms with Crippen molar-refractivity contribution in [2.24, 2.45) is 0 Å². The first kappa shape index (κ1) is 18.3. The number of anilines is 2. The molecule has 0 fully saturated rings. The van der Waals surface area contributed by atoms with Crippen LogP contribution in [0.5, 0.6) is 0 Å². The van der Waals surface area contributed by atoms with E-state index in [-0.39, 0.29) is 0 Å². The number of hydrogen-bond acceptors (Lipinski definition) is 3. The van der Waals surface area contributed by atoms with E-state index in [4.69, 9.17) is 27.9 Å². The van der Waals surface area contributed by atoms with Gasteiger partial charge >= 0.3 is 5.97 Å². The van der Waals surface area contributed by atoms with Gasteiger partial charge in [0.05, 0.1) is 34.1 Å². The molecule has 0 saturated heterocycles. The van der Waals surface area contributed by atoms with Crippen molar-refractivity contribution in [1.29, 1.82) is 0 Å².